The number of unbranched alkanes of at least 4 members (excludes halogenated alkanes) is 2. The maximum atomic E-state index is 11.1. The summed E-state index contributed by atoms with van der Waals surface area (Å²) in [7, 11) is 1.64. The van der Waals surface area contributed by atoms with Crippen LogP contribution in [-0.4, -0.2) is 37.7 Å². The van der Waals surface area contributed by atoms with Crippen molar-refractivity contribution in [2.24, 2.45) is 0 Å². The molecule has 11 heteroatoms. The normalized spacial score (nSPS) is 11.0. The number of fused-ring (bicyclic) bond motifs is 1. The smallest absolute Gasteiger partial charge is 0.243 e. The second-order valence-electron chi connectivity index (χ2n) is 6.22. The van der Waals surface area contributed by atoms with Gasteiger partial charge in [0.2, 0.25) is 5.91 Å². The van der Waals surface area contributed by atoms with Crippen molar-refractivity contribution in [3.8, 4) is 5.75 Å². The van der Waals surface area contributed by atoms with E-state index in [1.54, 1.807) is 12.6 Å². The maximum Gasteiger partial charge on any atom is 0.243 e. The van der Waals surface area contributed by atoms with E-state index in [2.05, 4.69) is 37.5 Å². The van der Waals surface area contributed by atoms with Crippen LogP contribution in [0.2, 0.25) is 0 Å². The van der Waals surface area contributed by atoms with E-state index >= 15 is 0 Å². The van der Waals surface area contributed by atoms with Gasteiger partial charge in [0, 0.05) is 21.4 Å². The molecule has 0 aliphatic rings. The van der Waals surface area contributed by atoms with Crippen LogP contribution in [0.25, 0.3) is 11.2 Å². The van der Waals surface area contributed by atoms with E-state index in [1.807, 2.05) is 22.8 Å². The van der Waals surface area contributed by atoms with Crippen molar-refractivity contribution >= 4 is 57.2 Å². The number of hydrogen-bond donors (Lipinski definition) is 3. The molecule has 9 nitrogen and oxygen atoms in total. The van der Waals surface area contributed by atoms with Gasteiger partial charge in [0.1, 0.15) is 12.1 Å². The number of anilines is 1. The van der Waals surface area contributed by atoms with Gasteiger partial charge in [-0.2, -0.15) is 0 Å². The van der Waals surface area contributed by atoms with Crippen LogP contribution in [-0.2, 0) is 11.3 Å². The first-order valence-electron chi connectivity index (χ1n) is 8.94. The highest BCUT2D eigenvalue weighted by atomic mass is 127. The molecule has 0 fully saturated rings. The number of methoxy groups -OCH3 is 1. The van der Waals surface area contributed by atoms with Crippen LogP contribution in [0.4, 0.5) is 5.82 Å². The fourth-order valence-electron chi connectivity index (χ4n) is 2.79. The second-order valence-corrected chi connectivity index (χ2v) is 8.39. The summed E-state index contributed by atoms with van der Waals surface area (Å²) in [5.41, 5.74) is 8.92. The van der Waals surface area contributed by atoms with Crippen molar-refractivity contribution in [2.75, 3.05) is 12.8 Å². The number of ether oxygens (including phenoxy) is 1. The van der Waals surface area contributed by atoms with E-state index < -0.39 is 0 Å². The fourth-order valence-corrected chi connectivity index (χ4v) is 4.42. The van der Waals surface area contributed by atoms with Gasteiger partial charge in [0.05, 0.1) is 7.11 Å². The van der Waals surface area contributed by atoms with E-state index in [0.717, 1.165) is 32.2 Å². The number of benzene rings is 1. The molecule has 2 heterocycles. The summed E-state index contributed by atoms with van der Waals surface area (Å²) in [6, 6.07) is 5.88. The Bertz CT molecular complexity index is 1010. The highest BCUT2D eigenvalue weighted by Gasteiger charge is 2.17. The molecule has 3 aromatic rings. The van der Waals surface area contributed by atoms with Crippen molar-refractivity contribution in [3.05, 3.63) is 28.1 Å². The number of aryl methyl sites for hydroxylation is 1. The summed E-state index contributed by atoms with van der Waals surface area (Å²) in [5, 5.41) is 9.34. The van der Waals surface area contributed by atoms with Gasteiger partial charge in [-0.15, -0.1) is 0 Å². The van der Waals surface area contributed by atoms with Gasteiger partial charge in [-0.25, -0.2) is 20.4 Å². The highest BCUT2D eigenvalue weighted by Crippen LogP contribution is 2.35. The third kappa shape index (κ3) is 5.28. The lowest BCUT2D eigenvalue weighted by Crippen LogP contribution is -2.17. The van der Waals surface area contributed by atoms with Crippen molar-refractivity contribution in [1.29, 1.82) is 0 Å². The van der Waals surface area contributed by atoms with Crippen LogP contribution in [0, 0.1) is 3.57 Å². The Labute approximate surface area is 185 Å². The lowest BCUT2D eigenvalue weighted by Gasteiger charge is -2.10. The Morgan fingerprint density at radius 2 is 2.17 bits per heavy atom. The summed E-state index contributed by atoms with van der Waals surface area (Å²) in [4.78, 5) is 25.3. The van der Waals surface area contributed by atoms with E-state index in [1.165, 1.54) is 18.1 Å². The largest absolute Gasteiger partial charge is 0.497 e. The molecule has 0 saturated heterocycles. The third-order valence-corrected chi connectivity index (χ3v) is 6.63. The summed E-state index contributed by atoms with van der Waals surface area (Å²) in [6.07, 6.45) is 4.07. The first kappa shape index (κ1) is 21.6. The molecule has 0 aliphatic heterocycles. The number of hydroxylamine groups is 1. The molecular formula is C18H21IN6O3S. The van der Waals surface area contributed by atoms with Crippen LogP contribution in [0.1, 0.15) is 25.7 Å². The number of nitrogen functional groups attached to an aromatic ring is 1. The maximum absolute atomic E-state index is 11.1. The van der Waals surface area contributed by atoms with Gasteiger partial charge in [-0.05, 0) is 53.6 Å². The van der Waals surface area contributed by atoms with Crippen LogP contribution in [0.5, 0.6) is 5.75 Å². The van der Waals surface area contributed by atoms with E-state index in [9.17, 15) is 4.79 Å². The highest BCUT2D eigenvalue weighted by molar-refractivity contribution is 14.1. The molecule has 3 rings (SSSR count). The minimum Gasteiger partial charge on any atom is -0.497 e. The molecule has 4 N–H and O–H groups in total. The number of carbonyl (C=O) groups is 1. The van der Waals surface area contributed by atoms with Gasteiger partial charge in [-0.1, -0.05) is 18.2 Å². The Morgan fingerprint density at radius 1 is 1.34 bits per heavy atom. The predicted octanol–water partition coefficient (Wildman–Crippen LogP) is 3.24. The second kappa shape index (κ2) is 10.1. The molecule has 1 aromatic carbocycles. The van der Waals surface area contributed by atoms with Crippen molar-refractivity contribution in [1.82, 2.24) is 25.0 Å². The Kier molecular flexibility index (Phi) is 7.50. The van der Waals surface area contributed by atoms with Crippen molar-refractivity contribution < 1.29 is 14.7 Å². The molecular weight excluding hydrogens is 507 g/mol. The Morgan fingerprint density at radius 3 is 2.93 bits per heavy atom. The Hall–Kier alpha value is -2.12. The van der Waals surface area contributed by atoms with Crippen LogP contribution < -0.4 is 16.0 Å². The van der Waals surface area contributed by atoms with Gasteiger partial charge in [0.15, 0.2) is 22.1 Å². The fraction of sp³-hybridized carbons (Fsp3) is 0.333. The molecule has 29 heavy (non-hydrogen) atoms. The molecule has 0 saturated carbocycles. The number of aromatic nitrogens is 4. The summed E-state index contributed by atoms with van der Waals surface area (Å²) in [6.45, 7) is 0.677. The zero-order valence-corrected chi connectivity index (χ0v) is 18.7. The van der Waals surface area contributed by atoms with Crippen molar-refractivity contribution in [2.45, 2.75) is 42.3 Å². The topological polar surface area (TPSA) is 128 Å². The number of nitrogens with two attached hydrogens (primary N) is 1. The minimum absolute atomic E-state index is 0.292. The number of rotatable bonds is 9. The van der Waals surface area contributed by atoms with E-state index in [-0.39, 0.29) is 5.91 Å². The molecule has 0 unspecified atom stereocenters. The lowest BCUT2D eigenvalue weighted by atomic mass is 10.2. The molecule has 154 valence electrons. The number of nitrogens with one attached hydrogen (secondary N) is 1. The first-order valence-corrected chi connectivity index (χ1v) is 10.8. The molecule has 0 atom stereocenters. The summed E-state index contributed by atoms with van der Waals surface area (Å²) >= 11 is 3.80. The number of imidazole rings is 1. The molecule has 0 radical (unpaired) electrons. The quantitative estimate of drug-likeness (QED) is 0.167. The zero-order chi connectivity index (χ0) is 20.8. The molecule has 0 spiro atoms. The Balaban J connectivity index is 1.83. The van der Waals surface area contributed by atoms with Gasteiger partial charge >= 0.3 is 0 Å². The number of nitrogens with zero attached hydrogens (tertiary/aromatic N) is 4. The van der Waals surface area contributed by atoms with Gasteiger partial charge < -0.3 is 15.0 Å². The summed E-state index contributed by atoms with van der Waals surface area (Å²) in [5.74, 6) is 0.745. The standard InChI is InChI=1S/C18H21IN6O3S/c1-28-11-6-7-12(19)13(9-11)29-18-23-15-16(20)21-10-22-17(15)25(18)8-4-2-3-5-14(26)24-27/h6-7,9-10,27H,2-5,8H2,1H3,(H,24,26)(H2,20,21,22). The van der Waals surface area contributed by atoms with E-state index in [0.29, 0.717) is 36.4 Å². The molecule has 1 amide bonds. The van der Waals surface area contributed by atoms with Crippen LogP contribution in [0.15, 0.2) is 34.6 Å². The average molecular weight is 528 g/mol. The summed E-state index contributed by atoms with van der Waals surface area (Å²) < 4.78 is 8.45. The van der Waals surface area contributed by atoms with Gasteiger partial charge in [0.25, 0.3) is 0 Å². The lowest BCUT2D eigenvalue weighted by molar-refractivity contribution is -0.129. The average Bonchev–Trinajstić information content (AvgIpc) is 3.07. The predicted molar refractivity (Wildman–Crippen MR) is 118 cm³/mol. The number of hydrogen-bond acceptors (Lipinski definition) is 8. The van der Waals surface area contributed by atoms with Crippen LogP contribution in [0.3, 0.4) is 0 Å². The van der Waals surface area contributed by atoms with Crippen molar-refractivity contribution in [3.63, 3.8) is 0 Å². The zero-order valence-electron chi connectivity index (χ0n) is 15.8. The number of amides is 1. The number of carbonyl (C=O) groups excluding carboxylic acids is 1. The minimum atomic E-state index is -0.373. The van der Waals surface area contributed by atoms with Crippen LogP contribution >= 0.6 is 34.4 Å². The third-order valence-electron chi connectivity index (χ3n) is 4.28. The van der Waals surface area contributed by atoms with Gasteiger partial charge in [-0.3, -0.25) is 10.0 Å². The van der Waals surface area contributed by atoms with E-state index in [4.69, 9.17) is 15.7 Å². The number of halogens is 1. The molecule has 0 bridgehead atoms. The monoisotopic (exact) mass is 528 g/mol. The SMILES string of the molecule is COc1ccc(I)c(Sc2nc3c(N)ncnc3n2CCCCCC(=O)NO)c1. The first-order chi connectivity index (χ1) is 14.0. The molecule has 0 aliphatic carbocycles. The molecule has 2 aromatic heterocycles.